The minimum Gasteiger partial charge on any atom is -0.460 e. The molecule has 0 spiro atoms. The normalized spacial score (nSPS) is 17.7. The number of aryl methyl sites for hydroxylation is 1. The number of piperidine rings is 1. The van der Waals surface area contributed by atoms with Gasteiger partial charge in [-0.3, -0.25) is 9.36 Å². The Labute approximate surface area is 205 Å². The molecule has 2 aliphatic rings. The zero-order valence-electron chi connectivity index (χ0n) is 20.7. The Morgan fingerprint density at radius 2 is 2.03 bits per heavy atom. The number of nitrogens with two attached hydrogens (primary N) is 1. The molecule has 5 rings (SSSR count). The molecule has 2 aliphatic heterocycles. The maximum atomic E-state index is 12.3. The van der Waals surface area contributed by atoms with E-state index < -0.39 is 11.8 Å². The van der Waals surface area contributed by atoms with Crippen molar-refractivity contribution in [2.75, 3.05) is 29.9 Å². The summed E-state index contributed by atoms with van der Waals surface area (Å²) in [5.41, 5.74) is 9.57. The molecule has 1 fully saturated rings. The third kappa shape index (κ3) is 5.07. The van der Waals surface area contributed by atoms with Gasteiger partial charge in [0.2, 0.25) is 0 Å². The Balaban J connectivity index is 1.28. The van der Waals surface area contributed by atoms with Crippen LogP contribution in [0.2, 0.25) is 0 Å². The lowest BCUT2D eigenvalue weighted by Crippen LogP contribution is -2.34. The van der Waals surface area contributed by atoms with Crippen LogP contribution < -0.4 is 16.0 Å². The van der Waals surface area contributed by atoms with Crippen LogP contribution in [0.3, 0.4) is 0 Å². The number of hydrogen-bond acceptors (Lipinski definition) is 9. The lowest BCUT2D eigenvalue weighted by molar-refractivity contribution is -0.155. The Bertz CT molecular complexity index is 1210. The summed E-state index contributed by atoms with van der Waals surface area (Å²) in [5, 5.41) is 3.44. The van der Waals surface area contributed by atoms with E-state index in [9.17, 15) is 4.79 Å². The molecular formula is C25H34N8O2. The zero-order valence-corrected chi connectivity index (χ0v) is 20.7. The Kier molecular flexibility index (Phi) is 6.31. The number of imidazole rings is 1. The minimum absolute atomic E-state index is 0.0378. The molecule has 0 saturated carbocycles. The van der Waals surface area contributed by atoms with E-state index in [1.807, 2.05) is 20.8 Å². The third-order valence-electron chi connectivity index (χ3n) is 6.62. The number of aromatic nitrogens is 5. The summed E-state index contributed by atoms with van der Waals surface area (Å²) in [6, 6.07) is 4.43. The maximum absolute atomic E-state index is 12.3. The van der Waals surface area contributed by atoms with E-state index in [1.54, 1.807) is 17.2 Å². The van der Waals surface area contributed by atoms with Crippen LogP contribution in [0.4, 0.5) is 11.6 Å². The number of hydrogen-bond donors (Lipinski definition) is 2. The van der Waals surface area contributed by atoms with Crippen molar-refractivity contribution in [1.29, 1.82) is 0 Å². The second-order valence-electron chi connectivity index (χ2n) is 10.4. The molecule has 1 unspecified atom stereocenters. The average molecular weight is 479 g/mol. The van der Waals surface area contributed by atoms with Gasteiger partial charge >= 0.3 is 5.97 Å². The second-order valence-corrected chi connectivity index (χ2v) is 10.4. The summed E-state index contributed by atoms with van der Waals surface area (Å²) in [7, 11) is 0. The number of carbonyl (C=O) groups excluding carboxylic acids is 1. The van der Waals surface area contributed by atoms with Gasteiger partial charge in [-0.25, -0.2) is 19.9 Å². The smallest absolute Gasteiger partial charge is 0.309 e. The van der Waals surface area contributed by atoms with E-state index in [1.165, 1.54) is 17.7 Å². The van der Waals surface area contributed by atoms with Crippen molar-refractivity contribution in [1.82, 2.24) is 24.5 Å². The van der Waals surface area contributed by atoms with Crippen LogP contribution in [-0.4, -0.2) is 55.7 Å². The lowest BCUT2D eigenvalue weighted by Gasteiger charge is -2.33. The summed E-state index contributed by atoms with van der Waals surface area (Å²) in [6.45, 7) is 8.23. The topological polar surface area (TPSA) is 124 Å². The first-order valence-electron chi connectivity index (χ1n) is 12.4. The maximum Gasteiger partial charge on any atom is 0.309 e. The number of pyridine rings is 1. The number of anilines is 2. The van der Waals surface area contributed by atoms with Gasteiger partial charge < -0.3 is 20.7 Å². The van der Waals surface area contributed by atoms with E-state index >= 15 is 0 Å². The highest BCUT2D eigenvalue weighted by atomic mass is 16.6. The van der Waals surface area contributed by atoms with Gasteiger partial charge in [0.1, 0.15) is 17.7 Å². The van der Waals surface area contributed by atoms with Gasteiger partial charge in [0, 0.05) is 31.2 Å². The highest BCUT2D eigenvalue weighted by Crippen LogP contribution is 2.33. The van der Waals surface area contributed by atoms with Crippen molar-refractivity contribution >= 4 is 28.8 Å². The van der Waals surface area contributed by atoms with Crippen LogP contribution in [0, 0.1) is 0 Å². The SMILES string of the molecule is CC(C)(C)OC(=O)CC(N)n1cnc2c(N3CCC(c4ccc5c(n4)NCCC5)CC3)ncnc21. The highest BCUT2D eigenvalue weighted by Gasteiger charge is 2.27. The van der Waals surface area contributed by atoms with E-state index in [2.05, 4.69) is 37.3 Å². The van der Waals surface area contributed by atoms with Crippen molar-refractivity contribution in [3.8, 4) is 0 Å². The molecule has 0 aliphatic carbocycles. The lowest BCUT2D eigenvalue weighted by atomic mass is 9.92. The molecule has 0 amide bonds. The molecule has 35 heavy (non-hydrogen) atoms. The summed E-state index contributed by atoms with van der Waals surface area (Å²) in [4.78, 5) is 33.0. The molecule has 186 valence electrons. The zero-order chi connectivity index (χ0) is 24.6. The van der Waals surface area contributed by atoms with Gasteiger partial charge in [-0.05, 0) is 58.1 Å². The molecule has 0 bridgehead atoms. The molecule has 1 atom stereocenters. The van der Waals surface area contributed by atoms with Crippen LogP contribution in [0.15, 0.2) is 24.8 Å². The Morgan fingerprint density at radius 3 is 2.80 bits per heavy atom. The molecule has 10 heteroatoms. The van der Waals surface area contributed by atoms with Gasteiger partial charge in [-0.15, -0.1) is 0 Å². The van der Waals surface area contributed by atoms with Crippen molar-refractivity contribution < 1.29 is 9.53 Å². The quantitative estimate of drug-likeness (QED) is 0.532. The number of nitrogens with one attached hydrogen (secondary N) is 1. The number of carbonyl (C=O) groups is 1. The first kappa shape index (κ1) is 23.5. The monoisotopic (exact) mass is 478 g/mol. The number of ether oxygens (including phenoxy) is 1. The summed E-state index contributed by atoms with van der Waals surface area (Å²) in [6.07, 6.45) is 6.86. The van der Waals surface area contributed by atoms with Crippen molar-refractivity contribution in [3.05, 3.63) is 36.0 Å². The van der Waals surface area contributed by atoms with E-state index in [-0.39, 0.29) is 12.4 Å². The third-order valence-corrected chi connectivity index (χ3v) is 6.62. The fraction of sp³-hybridized carbons (Fsp3) is 0.560. The predicted octanol–water partition coefficient (Wildman–Crippen LogP) is 3.15. The van der Waals surface area contributed by atoms with Gasteiger partial charge in [-0.2, -0.15) is 0 Å². The molecule has 0 radical (unpaired) electrons. The first-order chi connectivity index (χ1) is 16.8. The standard InChI is InChI=1S/C25H34N8O2/c1-25(2,3)35-20(34)13-19(26)33-15-30-21-23(28-14-29-24(21)33)32-11-8-16(9-12-32)18-7-6-17-5-4-10-27-22(17)31-18/h6-7,14-16,19H,4-5,8-13,26H2,1-3H3,(H,27,31). The fourth-order valence-electron chi connectivity index (χ4n) is 4.92. The molecule has 1 saturated heterocycles. The van der Waals surface area contributed by atoms with Crippen LogP contribution in [-0.2, 0) is 16.0 Å². The minimum atomic E-state index is -0.618. The summed E-state index contributed by atoms with van der Waals surface area (Å²) < 4.78 is 7.14. The van der Waals surface area contributed by atoms with Crippen LogP contribution >= 0.6 is 0 Å². The number of rotatable bonds is 5. The molecule has 3 N–H and O–H groups in total. The predicted molar refractivity (Wildman–Crippen MR) is 134 cm³/mol. The van der Waals surface area contributed by atoms with E-state index in [0.717, 1.165) is 50.5 Å². The van der Waals surface area contributed by atoms with Crippen LogP contribution in [0.5, 0.6) is 0 Å². The second kappa shape index (κ2) is 9.41. The van der Waals surface area contributed by atoms with Gasteiger partial charge in [0.25, 0.3) is 0 Å². The number of nitrogens with zero attached hydrogens (tertiary/aromatic N) is 6. The van der Waals surface area contributed by atoms with Gasteiger partial charge in [0.15, 0.2) is 17.0 Å². The molecule has 0 aromatic carbocycles. The van der Waals surface area contributed by atoms with Crippen LogP contribution in [0.1, 0.15) is 69.8 Å². The van der Waals surface area contributed by atoms with Crippen LogP contribution in [0.25, 0.3) is 11.2 Å². The average Bonchev–Trinajstić information content (AvgIpc) is 3.27. The molecule has 5 heterocycles. The fourth-order valence-corrected chi connectivity index (χ4v) is 4.92. The van der Waals surface area contributed by atoms with Crippen molar-refractivity contribution in [2.45, 2.75) is 70.6 Å². The molecule has 3 aromatic rings. The van der Waals surface area contributed by atoms with Gasteiger partial charge in [0.05, 0.1) is 18.9 Å². The molecule has 3 aromatic heterocycles. The first-order valence-corrected chi connectivity index (χ1v) is 12.4. The van der Waals surface area contributed by atoms with E-state index in [0.29, 0.717) is 17.1 Å². The van der Waals surface area contributed by atoms with Gasteiger partial charge in [-0.1, -0.05) is 6.07 Å². The van der Waals surface area contributed by atoms with Crippen molar-refractivity contribution in [3.63, 3.8) is 0 Å². The number of fused-ring (bicyclic) bond motifs is 2. The largest absolute Gasteiger partial charge is 0.460 e. The molecular weight excluding hydrogens is 444 g/mol. The Morgan fingerprint density at radius 1 is 1.23 bits per heavy atom. The summed E-state index contributed by atoms with van der Waals surface area (Å²) in [5.74, 6) is 1.94. The highest BCUT2D eigenvalue weighted by molar-refractivity contribution is 5.83. The van der Waals surface area contributed by atoms with Crippen molar-refractivity contribution in [2.24, 2.45) is 5.73 Å². The molecule has 10 nitrogen and oxygen atoms in total. The van der Waals surface area contributed by atoms with E-state index in [4.69, 9.17) is 15.5 Å². The Hall–Kier alpha value is -3.27. The number of esters is 1. The summed E-state index contributed by atoms with van der Waals surface area (Å²) >= 11 is 0.